The van der Waals surface area contributed by atoms with Crippen LogP contribution in [0.25, 0.3) is 0 Å². The van der Waals surface area contributed by atoms with E-state index in [9.17, 15) is 0 Å². The molecule has 0 spiro atoms. The first-order chi connectivity index (χ1) is 5.72. The summed E-state index contributed by atoms with van der Waals surface area (Å²) in [6, 6.07) is 0. The third kappa shape index (κ3) is 7.59. The Kier molecular flexibility index (Phi) is 12.3. The van der Waals surface area contributed by atoms with E-state index in [4.69, 9.17) is 0 Å². The average molecular weight is 168 g/mol. The van der Waals surface area contributed by atoms with E-state index < -0.39 is 0 Å². The first-order valence-electron chi connectivity index (χ1n) is 4.94. The minimum Gasteiger partial charge on any atom is -0.103 e. The molecule has 1 unspecified atom stereocenters. The number of hydrogen-bond donors (Lipinski definition) is 0. The van der Waals surface area contributed by atoms with Gasteiger partial charge in [-0.05, 0) is 24.7 Å². The maximum atomic E-state index is 3.72. The van der Waals surface area contributed by atoms with Crippen LogP contribution in [0.1, 0.15) is 40.5 Å². The fourth-order valence-electron chi connectivity index (χ4n) is 0.990. The summed E-state index contributed by atoms with van der Waals surface area (Å²) in [5, 5.41) is 0. The summed E-state index contributed by atoms with van der Waals surface area (Å²) in [5.74, 6) is 1.49. The molecule has 0 aliphatic rings. The summed E-state index contributed by atoms with van der Waals surface area (Å²) in [6.45, 7) is 16.0. The first kappa shape index (κ1) is 14.0. The number of allylic oxidation sites excluding steroid dienone is 2. The van der Waals surface area contributed by atoms with Gasteiger partial charge < -0.3 is 0 Å². The summed E-state index contributed by atoms with van der Waals surface area (Å²) in [5.41, 5.74) is 0. The zero-order valence-electron chi connectivity index (χ0n) is 9.14. The normalized spacial score (nSPS) is 13.7. The van der Waals surface area contributed by atoms with Crippen molar-refractivity contribution in [3.63, 3.8) is 0 Å². The van der Waals surface area contributed by atoms with Crippen molar-refractivity contribution in [2.24, 2.45) is 11.8 Å². The Morgan fingerprint density at radius 1 is 0.917 bits per heavy atom. The molecule has 0 nitrogen and oxygen atoms in total. The van der Waals surface area contributed by atoms with Crippen molar-refractivity contribution in [1.29, 1.82) is 0 Å². The summed E-state index contributed by atoms with van der Waals surface area (Å²) >= 11 is 0. The summed E-state index contributed by atoms with van der Waals surface area (Å²) in [6.07, 6.45) is 6.22. The topological polar surface area (TPSA) is 0 Å². The van der Waals surface area contributed by atoms with Crippen molar-refractivity contribution >= 4 is 0 Å². The maximum absolute atomic E-state index is 3.72. The van der Waals surface area contributed by atoms with E-state index in [0.717, 1.165) is 24.7 Å². The van der Waals surface area contributed by atoms with Gasteiger partial charge in [-0.15, -0.1) is 13.2 Å². The van der Waals surface area contributed by atoms with E-state index >= 15 is 0 Å². The fourth-order valence-corrected chi connectivity index (χ4v) is 0.990. The van der Waals surface area contributed by atoms with Crippen LogP contribution < -0.4 is 0 Å². The van der Waals surface area contributed by atoms with E-state index in [1.807, 2.05) is 26.0 Å². The SMILES string of the molecule is C=CCC(C)[C@@H](C)CC=C.CC. The van der Waals surface area contributed by atoms with E-state index in [2.05, 4.69) is 27.0 Å². The molecular formula is C12H24. The molecule has 0 radical (unpaired) electrons. The second kappa shape index (κ2) is 10.5. The highest BCUT2D eigenvalue weighted by Gasteiger charge is 2.07. The molecule has 0 amide bonds. The van der Waals surface area contributed by atoms with Crippen LogP contribution in [0.4, 0.5) is 0 Å². The summed E-state index contributed by atoms with van der Waals surface area (Å²) in [4.78, 5) is 0. The molecule has 0 aromatic heterocycles. The van der Waals surface area contributed by atoms with Gasteiger partial charge in [0.25, 0.3) is 0 Å². The molecule has 0 rings (SSSR count). The van der Waals surface area contributed by atoms with Crippen molar-refractivity contribution in [2.75, 3.05) is 0 Å². The third-order valence-corrected chi connectivity index (χ3v) is 2.05. The van der Waals surface area contributed by atoms with Gasteiger partial charge in [0.2, 0.25) is 0 Å². The molecule has 72 valence electrons. The Hall–Kier alpha value is -0.520. The van der Waals surface area contributed by atoms with Crippen LogP contribution in [0.3, 0.4) is 0 Å². The standard InChI is InChI=1S/C10H18.C2H6/c1-5-7-9(3)10(4)8-6-2;1-2/h5-6,9-10H,1-2,7-8H2,3-4H3;1-2H3/t9-,10?;/m0./s1. The Bertz CT molecular complexity index is 88.6. The first-order valence-corrected chi connectivity index (χ1v) is 4.94. The highest BCUT2D eigenvalue weighted by atomic mass is 14.1. The Balaban J connectivity index is 0. The molecule has 0 aliphatic heterocycles. The van der Waals surface area contributed by atoms with Gasteiger partial charge in [-0.25, -0.2) is 0 Å². The highest BCUT2D eigenvalue weighted by Crippen LogP contribution is 2.18. The Morgan fingerprint density at radius 2 is 1.17 bits per heavy atom. The largest absolute Gasteiger partial charge is 0.103 e. The lowest BCUT2D eigenvalue weighted by molar-refractivity contribution is 0.395. The zero-order valence-corrected chi connectivity index (χ0v) is 9.14. The van der Waals surface area contributed by atoms with E-state index in [0.29, 0.717) is 0 Å². The minimum atomic E-state index is 0.746. The summed E-state index contributed by atoms with van der Waals surface area (Å²) < 4.78 is 0. The van der Waals surface area contributed by atoms with Crippen LogP contribution in [-0.2, 0) is 0 Å². The van der Waals surface area contributed by atoms with Crippen LogP contribution in [0, 0.1) is 11.8 Å². The Labute approximate surface area is 78.4 Å². The van der Waals surface area contributed by atoms with Crippen LogP contribution in [-0.4, -0.2) is 0 Å². The van der Waals surface area contributed by atoms with Gasteiger partial charge in [0.1, 0.15) is 0 Å². The van der Waals surface area contributed by atoms with Gasteiger partial charge in [0.05, 0.1) is 0 Å². The van der Waals surface area contributed by atoms with Crippen LogP contribution in [0.5, 0.6) is 0 Å². The smallest absolute Gasteiger partial charge is 0.0325 e. The lowest BCUT2D eigenvalue weighted by Gasteiger charge is -2.15. The van der Waals surface area contributed by atoms with Crippen LogP contribution >= 0.6 is 0 Å². The maximum Gasteiger partial charge on any atom is -0.0325 e. The molecule has 0 aromatic rings. The molecule has 12 heavy (non-hydrogen) atoms. The highest BCUT2D eigenvalue weighted by molar-refractivity contribution is 4.78. The van der Waals surface area contributed by atoms with Crippen LogP contribution in [0.2, 0.25) is 0 Å². The van der Waals surface area contributed by atoms with Crippen molar-refractivity contribution in [3.8, 4) is 0 Å². The van der Waals surface area contributed by atoms with Crippen molar-refractivity contribution in [2.45, 2.75) is 40.5 Å². The lowest BCUT2D eigenvalue weighted by Crippen LogP contribution is -2.05. The molecule has 0 aliphatic carbocycles. The predicted octanol–water partition coefficient (Wildman–Crippen LogP) is 4.44. The molecular weight excluding hydrogens is 144 g/mol. The second-order valence-electron chi connectivity index (χ2n) is 3.00. The molecule has 0 heterocycles. The molecule has 2 atom stereocenters. The van der Waals surface area contributed by atoms with Gasteiger partial charge >= 0.3 is 0 Å². The molecule has 0 saturated carbocycles. The number of hydrogen-bond acceptors (Lipinski definition) is 0. The average Bonchev–Trinajstić information content (AvgIpc) is 2.09. The minimum absolute atomic E-state index is 0.746. The molecule has 0 aromatic carbocycles. The second-order valence-corrected chi connectivity index (χ2v) is 3.00. The molecule has 0 saturated heterocycles. The van der Waals surface area contributed by atoms with E-state index in [-0.39, 0.29) is 0 Å². The third-order valence-electron chi connectivity index (χ3n) is 2.05. The van der Waals surface area contributed by atoms with E-state index in [1.165, 1.54) is 0 Å². The Morgan fingerprint density at radius 3 is 1.33 bits per heavy atom. The van der Waals surface area contributed by atoms with Gasteiger partial charge in [0.15, 0.2) is 0 Å². The molecule has 0 N–H and O–H groups in total. The molecule has 0 bridgehead atoms. The quantitative estimate of drug-likeness (QED) is 0.532. The zero-order chi connectivity index (χ0) is 9.98. The molecule has 0 heteroatoms. The van der Waals surface area contributed by atoms with Crippen molar-refractivity contribution < 1.29 is 0 Å². The lowest BCUT2D eigenvalue weighted by atomic mass is 9.90. The fraction of sp³-hybridized carbons (Fsp3) is 0.667. The van der Waals surface area contributed by atoms with E-state index in [1.54, 1.807) is 0 Å². The monoisotopic (exact) mass is 168 g/mol. The predicted molar refractivity (Wildman–Crippen MR) is 59.3 cm³/mol. The molecule has 0 fully saturated rings. The number of rotatable bonds is 5. The van der Waals surface area contributed by atoms with Gasteiger partial charge in [-0.3, -0.25) is 0 Å². The van der Waals surface area contributed by atoms with Gasteiger partial charge in [-0.2, -0.15) is 0 Å². The van der Waals surface area contributed by atoms with Gasteiger partial charge in [0, 0.05) is 0 Å². The summed E-state index contributed by atoms with van der Waals surface area (Å²) in [7, 11) is 0. The van der Waals surface area contributed by atoms with Crippen molar-refractivity contribution in [3.05, 3.63) is 25.3 Å². The van der Waals surface area contributed by atoms with Crippen molar-refractivity contribution in [1.82, 2.24) is 0 Å². The van der Waals surface area contributed by atoms with Crippen LogP contribution in [0.15, 0.2) is 25.3 Å². The van der Waals surface area contributed by atoms with Gasteiger partial charge in [-0.1, -0.05) is 39.8 Å².